The summed E-state index contributed by atoms with van der Waals surface area (Å²) in [5, 5.41) is 2.91. The zero-order valence-corrected chi connectivity index (χ0v) is 13.3. The molecule has 0 aliphatic carbocycles. The standard InChI is InChI=1S/C16H27N3O2/c1-4-19(12-16(20)18-13(2)3)10-5-11-21-15-8-6-14(17)7-9-15/h6-9,13H,4-5,10-12,17H2,1-3H3,(H,18,20). The van der Waals surface area contributed by atoms with Gasteiger partial charge in [-0.25, -0.2) is 0 Å². The molecule has 1 rings (SSSR count). The van der Waals surface area contributed by atoms with Gasteiger partial charge in [-0.15, -0.1) is 0 Å². The number of nitrogen functional groups attached to an aromatic ring is 1. The van der Waals surface area contributed by atoms with Crippen molar-refractivity contribution in [3.8, 4) is 5.75 Å². The van der Waals surface area contributed by atoms with E-state index in [1.165, 1.54) is 0 Å². The third-order valence-corrected chi connectivity index (χ3v) is 3.03. The minimum Gasteiger partial charge on any atom is -0.494 e. The van der Waals surface area contributed by atoms with E-state index in [1.54, 1.807) is 0 Å². The fourth-order valence-electron chi connectivity index (χ4n) is 1.96. The summed E-state index contributed by atoms with van der Waals surface area (Å²) in [6.45, 7) is 8.76. The first-order chi connectivity index (χ1) is 10.0. The summed E-state index contributed by atoms with van der Waals surface area (Å²) in [6.07, 6.45) is 0.882. The van der Waals surface area contributed by atoms with Crippen LogP contribution in [0.3, 0.4) is 0 Å². The second-order valence-corrected chi connectivity index (χ2v) is 5.36. The van der Waals surface area contributed by atoms with Gasteiger partial charge in [-0.05, 0) is 51.1 Å². The number of anilines is 1. The molecule has 21 heavy (non-hydrogen) atoms. The number of nitrogens with one attached hydrogen (secondary N) is 1. The Kier molecular flexibility index (Phi) is 7.61. The summed E-state index contributed by atoms with van der Waals surface area (Å²) >= 11 is 0. The monoisotopic (exact) mass is 293 g/mol. The highest BCUT2D eigenvalue weighted by molar-refractivity contribution is 5.78. The van der Waals surface area contributed by atoms with Crippen LogP contribution in [0.5, 0.6) is 5.75 Å². The number of carbonyl (C=O) groups excluding carboxylic acids is 1. The number of ether oxygens (including phenoxy) is 1. The van der Waals surface area contributed by atoms with E-state index in [4.69, 9.17) is 10.5 Å². The lowest BCUT2D eigenvalue weighted by molar-refractivity contribution is -0.122. The highest BCUT2D eigenvalue weighted by Gasteiger charge is 2.09. The van der Waals surface area contributed by atoms with Gasteiger partial charge >= 0.3 is 0 Å². The molecule has 0 atom stereocenters. The van der Waals surface area contributed by atoms with E-state index in [-0.39, 0.29) is 11.9 Å². The molecule has 0 aliphatic rings. The molecule has 1 aromatic rings. The Morgan fingerprint density at radius 1 is 1.33 bits per heavy atom. The number of nitrogens with zero attached hydrogens (tertiary/aromatic N) is 1. The van der Waals surface area contributed by atoms with Crippen molar-refractivity contribution in [2.75, 3.05) is 32.0 Å². The van der Waals surface area contributed by atoms with E-state index in [0.29, 0.717) is 13.2 Å². The van der Waals surface area contributed by atoms with E-state index in [1.807, 2.05) is 38.1 Å². The largest absolute Gasteiger partial charge is 0.494 e. The molecule has 118 valence electrons. The molecular weight excluding hydrogens is 266 g/mol. The lowest BCUT2D eigenvalue weighted by Crippen LogP contribution is -2.40. The van der Waals surface area contributed by atoms with Gasteiger partial charge < -0.3 is 15.8 Å². The zero-order valence-electron chi connectivity index (χ0n) is 13.3. The van der Waals surface area contributed by atoms with Crippen molar-refractivity contribution in [2.24, 2.45) is 0 Å². The van der Waals surface area contributed by atoms with Crippen molar-refractivity contribution in [3.05, 3.63) is 24.3 Å². The summed E-state index contributed by atoms with van der Waals surface area (Å²) < 4.78 is 5.64. The molecule has 1 amide bonds. The van der Waals surface area contributed by atoms with E-state index in [0.717, 1.165) is 30.9 Å². The molecule has 0 heterocycles. The van der Waals surface area contributed by atoms with Crippen LogP contribution in [0.15, 0.2) is 24.3 Å². The highest BCUT2D eigenvalue weighted by Crippen LogP contribution is 2.13. The van der Waals surface area contributed by atoms with Crippen molar-refractivity contribution in [1.82, 2.24) is 10.2 Å². The van der Waals surface area contributed by atoms with Gasteiger partial charge in [-0.3, -0.25) is 9.69 Å². The van der Waals surface area contributed by atoms with E-state index < -0.39 is 0 Å². The van der Waals surface area contributed by atoms with Crippen LogP contribution in [-0.4, -0.2) is 43.1 Å². The van der Waals surface area contributed by atoms with Crippen LogP contribution in [0.2, 0.25) is 0 Å². The minimum absolute atomic E-state index is 0.0753. The van der Waals surface area contributed by atoms with Gasteiger partial charge in [0.1, 0.15) is 5.75 Å². The number of rotatable bonds is 9. The van der Waals surface area contributed by atoms with Gasteiger partial charge in [0.15, 0.2) is 0 Å². The van der Waals surface area contributed by atoms with Crippen LogP contribution >= 0.6 is 0 Å². The molecule has 0 aliphatic heterocycles. The Labute approximate surface area is 127 Å². The molecule has 0 bridgehead atoms. The van der Waals surface area contributed by atoms with Gasteiger partial charge in [-0.1, -0.05) is 6.92 Å². The fourth-order valence-corrected chi connectivity index (χ4v) is 1.96. The summed E-state index contributed by atoms with van der Waals surface area (Å²) in [7, 11) is 0. The van der Waals surface area contributed by atoms with Crippen LogP contribution < -0.4 is 15.8 Å². The molecule has 5 heteroatoms. The van der Waals surface area contributed by atoms with Gasteiger partial charge in [0.2, 0.25) is 5.91 Å². The molecule has 0 spiro atoms. The van der Waals surface area contributed by atoms with Gasteiger partial charge in [-0.2, -0.15) is 0 Å². The number of hydrogen-bond donors (Lipinski definition) is 2. The Balaban J connectivity index is 2.22. The lowest BCUT2D eigenvalue weighted by Gasteiger charge is -2.20. The van der Waals surface area contributed by atoms with E-state index >= 15 is 0 Å². The normalized spacial score (nSPS) is 10.9. The topological polar surface area (TPSA) is 67.6 Å². The first-order valence-corrected chi connectivity index (χ1v) is 7.51. The number of amides is 1. The van der Waals surface area contributed by atoms with Crippen LogP contribution in [-0.2, 0) is 4.79 Å². The number of hydrogen-bond acceptors (Lipinski definition) is 4. The maximum Gasteiger partial charge on any atom is 0.234 e. The quantitative estimate of drug-likeness (QED) is 0.539. The molecule has 0 radical (unpaired) electrons. The summed E-state index contributed by atoms with van der Waals surface area (Å²) in [5.74, 6) is 0.899. The Morgan fingerprint density at radius 3 is 2.57 bits per heavy atom. The predicted molar refractivity (Wildman–Crippen MR) is 86.4 cm³/mol. The molecule has 3 N–H and O–H groups in total. The van der Waals surface area contributed by atoms with Gasteiger partial charge in [0, 0.05) is 18.3 Å². The molecule has 0 aromatic heterocycles. The maximum atomic E-state index is 11.7. The number of nitrogens with two attached hydrogens (primary N) is 1. The summed E-state index contributed by atoms with van der Waals surface area (Å²) in [4.78, 5) is 13.8. The smallest absolute Gasteiger partial charge is 0.234 e. The molecule has 0 saturated heterocycles. The van der Waals surface area contributed by atoms with E-state index in [2.05, 4.69) is 17.1 Å². The summed E-state index contributed by atoms with van der Waals surface area (Å²) in [5.41, 5.74) is 6.35. The SMILES string of the molecule is CCN(CCCOc1ccc(N)cc1)CC(=O)NC(C)C. The molecule has 0 fully saturated rings. The van der Waals surface area contributed by atoms with Crippen LogP contribution in [0.1, 0.15) is 27.2 Å². The zero-order chi connectivity index (χ0) is 15.7. The highest BCUT2D eigenvalue weighted by atomic mass is 16.5. The number of benzene rings is 1. The molecule has 0 unspecified atom stereocenters. The molecular formula is C16H27N3O2. The second-order valence-electron chi connectivity index (χ2n) is 5.36. The van der Waals surface area contributed by atoms with Gasteiger partial charge in [0.25, 0.3) is 0 Å². The fraction of sp³-hybridized carbons (Fsp3) is 0.562. The van der Waals surface area contributed by atoms with Crippen molar-refractivity contribution in [1.29, 1.82) is 0 Å². The Hall–Kier alpha value is -1.75. The van der Waals surface area contributed by atoms with Crippen molar-refractivity contribution in [3.63, 3.8) is 0 Å². The summed E-state index contributed by atoms with van der Waals surface area (Å²) in [6, 6.07) is 7.56. The van der Waals surface area contributed by atoms with Crippen molar-refractivity contribution >= 4 is 11.6 Å². The van der Waals surface area contributed by atoms with Crippen LogP contribution in [0.4, 0.5) is 5.69 Å². The molecule has 1 aromatic carbocycles. The van der Waals surface area contributed by atoms with E-state index in [9.17, 15) is 4.79 Å². The van der Waals surface area contributed by atoms with Gasteiger partial charge in [0.05, 0.1) is 13.2 Å². The Morgan fingerprint density at radius 2 is 2.00 bits per heavy atom. The third-order valence-electron chi connectivity index (χ3n) is 3.03. The lowest BCUT2D eigenvalue weighted by atomic mass is 10.3. The average Bonchev–Trinajstić information content (AvgIpc) is 2.43. The number of likely N-dealkylation sites (N-methyl/N-ethyl adjacent to an activating group) is 1. The second kappa shape index (κ2) is 9.23. The predicted octanol–water partition coefficient (Wildman–Crippen LogP) is 1.88. The molecule has 5 nitrogen and oxygen atoms in total. The Bertz CT molecular complexity index is 418. The van der Waals surface area contributed by atoms with Crippen LogP contribution in [0, 0.1) is 0 Å². The van der Waals surface area contributed by atoms with Crippen molar-refractivity contribution in [2.45, 2.75) is 33.2 Å². The third kappa shape index (κ3) is 7.56. The average molecular weight is 293 g/mol. The molecule has 0 saturated carbocycles. The first-order valence-electron chi connectivity index (χ1n) is 7.51. The number of carbonyl (C=O) groups is 1. The first kappa shape index (κ1) is 17.3. The van der Waals surface area contributed by atoms with Crippen LogP contribution in [0.25, 0.3) is 0 Å². The minimum atomic E-state index is 0.0753. The van der Waals surface area contributed by atoms with Crippen molar-refractivity contribution < 1.29 is 9.53 Å². The maximum absolute atomic E-state index is 11.7.